The van der Waals surface area contributed by atoms with Gasteiger partial charge in [-0.3, -0.25) is 9.59 Å². The Morgan fingerprint density at radius 3 is 2.87 bits per heavy atom. The summed E-state index contributed by atoms with van der Waals surface area (Å²) >= 11 is 0. The molecule has 1 fully saturated rings. The Morgan fingerprint density at radius 2 is 2.17 bits per heavy atom. The Bertz CT molecular complexity index is 565. The highest BCUT2D eigenvalue weighted by atomic mass is 19.3. The lowest BCUT2D eigenvalue weighted by molar-refractivity contribution is -0.137. The molecule has 1 aliphatic rings. The SMILES string of the molecule is O=C(O)CCC1CCCN(C(=O)c2cccc(OC(F)F)c2)C1. The van der Waals surface area contributed by atoms with Crippen LogP contribution >= 0.6 is 0 Å². The molecule has 1 N–H and O–H groups in total. The van der Waals surface area contributed by atoms with E-state index < -0.39 is 12.6 Å². The fourth-order valence-electron chi connectivity index (χ4n) is 2.80. The fourth-order valence-corrected chi connectivity index (χ4v) is 2.80. The van der Waals surface area contributed by atoms with Gasteiger partial charge in [0.15, 0.2) is 0 Å². The Labute approximate surface area is 132 Å². The van der Waals surface area contributed by atoms with Gasteiger partial charge in [0.25, 0.3) is 5.91 Å². The maximum Gasteiger partial charge on any atom is 0.387 e. The predicted octanol–water partition coefficient (Wildman–Crippen LogP) is 3.01. The molecule has 1 atom stereocenters. The molecule has 0 spiro atoms. The molecule has 1 aliphatic heterocycles. The van der Waals surface area contributed by atoms with Crippen LogP contribution in [0.5, 0.6) is 5.75 Å². The van der Waals surface area contributed by atoms with E-state index in [0.29, 0.717) is 25.1 Å². The van der Waals surface area contributed by atoms with Crippen LogP contribution in [-0.2, 0) is 4.79 Å². The van der Waals surface area contributed by atoms with Gasteiger partial charge in [-0.1, -0.05) is 6.07 Å². The number of hydrogen-bond acceptors (Lipinski definition) is 3. The van der Waals surface area contributed by atoms with E-state index >= 15 is 0 Å². The lowest BCUT2D eigenvalue weighted by Gasteiger charge is -2.32. The fraction of sp³-hybridized carbons (Fsp3) is 0.500. The lowest BCUT2D eigenvalue weighted by Crippen LogP contribution is -2.40. The quantitative estimate of drug-likeness (QED) is 0.872. The largest absolute Gasteiger partial charge is 0.481 e. The van der Waals surface area contributed by atoms with Crippen molar-refractivity contribution in [3.05, 3.63) is 29.8 Å². The van der Waals surface area contributed by atoms with Crippen molar-refractivity contribution in [2.24, 2.45) is 5.92 Å². The number of rotatable bonds is 6. The van der Waals surface area contributed by atoms with Gasteiger partial charge in [-0.25, -0.2) is 0 Å². The first-order valence-corrected chi connectivity index (χ1v) is 7.51. The summed E-state index contributed by atoms with van der Waals surface area (Å²) in [7, 11) is 0. The average Bonchev–Trinajstić information content (AvgIpc) is 2.52. The third kappa shape index (κ3) is 5.19. The number of benzene rings is 1. The predicted molar refractivity (Wildman–Crippen MR) is 78.6 cm³/mol. The van der Waals surface area contributed by atoms with Gasteiger partial charge >= 0.3 is 12.6 Å². The minimum atomic E-state index is -2.93. The zero-order valence-electron chi connectivity index (χ0n) is 12.6. The number of carbonyl (C=O) groups is 2. The molecule has 1 amide bonds. The number of alkyl halides is 2. The molecular formula is C16H19F2NO4. The standard InChI is InChI=1S/C16H19F2NO4/c17-16(18)23-13-5-1-4-12(9-13)15(22)19-8-2-3-11(10-19)6-7-14(20)21/h1,4-5,9,11,16H,2-3,6-8,10H2,(H,20,21). The summed E-state index contributed by atoms with van der Waals surface area (Å²) in [5.74, 6) is -0.982. The van der Waals surface area contributed by atoms with Crippen molar-refractivity contribution in [1.82, 2.24) is 4.90 Å². The zero-order valence-corrected chi connectivity index (χ0v) is 12.6. The average molecular weight is 327 g/mol. The highest BCUT2D eigenvalue weighted by Crippen LogP contribution is 2.24. The molecule has 0 aliphatic carbocycles. The van der Waals surface area contributed by atoms with E-state index in [1.165, 1.54) is 18.2 Å². The first-order valence-electron chi connectivity index (χ1n) is 7.51. The van der Waals surface area contributed by atoms with Crippen molar-refractivity contribution in [3.8, 4) is 5.75 Å². The van der Waals surface area contributed by atoms with E-state index in [-0.39, 0.29) is 24.0 Å². The van der Waals surface area contributed by atoms with E-state index in [1.807, 2.05) is 0 Å². The summed E-state index contributed by atoms with van der Waals surface area (Å²) in [6.45, 7) is -1.86. The number of hydrogen-bond donors (Lipinski definition) is 1. The molecule has 0 saturated carbocycles. The summed E-state index contributed by atoms with van der Waals surface area (Å²) < 4.78 is 28.8. The number of carboxylic acids is 1. The number of halogens is 2. The number of ether oxygens (including phenoxy) is 1. The number of amides is 1. The highest BCUT2D eigenvalue weighted by molar-refractivity contribution is 5.94. The van der Waals surface area contributed by atoms with E-state index in [2.05, 4.69) is 4.74 Å². The molecule has 1 aromatic carbocycles. The van der Waals surface area contributed by atoms with Crippen molar-refractivity contribution in [1.29, 1.82) is 0 Å². The van der Waals surface area contributed by atoms with Crippen LogP contribution in [0.15, 0.2) is 24.3 Å². The first kappa shape index (κ1) is 17.2. The molecule has 2 rings (SSSR count). The Balaban J connectivity index is 2.00. The van der Waals surface area contributed by atoms with Crippen LogP contribution in [0.25, 0.3) is 0 Å². The normalized spacial score (nSPS) is 18.0. The topological polar surface area (TPSA) is 66.8 Å². The van der Waals surface area contributed by atoms with Gasteiger partial charge in [0.1, 0.15) is 5.75 Å². The second-order valence-electron chi connectivity index (χ2n) is 5.60. The Kier molecular flexibility index (Phi) is 5.90. The summed E-state index contributed by atoms with van der Waals surface area (Å²) in [6.07, 6.45) is 2.33. The first-order chi connectivity index (χ1) is 11.0. The van der Waals surface area contributed by atoms with Crippen LogP contribution < -0.4 is 4.74 Å². The molecule has 1 saturated heterocycles. The molecule has 126 valence electrons. The van der Waals surface area contributed by atoms with Gasteiger partial charge < -0.3 is 14.7 Å². The van der Waals surface area contributed by atoms with Gasteiger partial charge in [0.2, 0.25) is 0 Å². The Hall–Kier alpha value is -2.18. The molecule has 1 unspecified atom stereocenters. The lowest BCUT2D eigenvalue weighted by atomic mass is 9.93. The van der Waals surface area contributed by atoms with E-state index in [0.717, 1.165) is 12.8 Å². The van der Waals surface area contributed by atoms with Crippen molar-refractivity contribution in [2.45, 2.75) is 32.3 Å². The summed E-state index contributed by atoms with van der Waals surface area (Å²) in [5.41, 5.74) is 0.294. The van der Waals surface area contributed by atoms with Gasteiger partial charge in [-0.15, -0.1) is 0 Å². The second-order valence-corrected chi connectivity index (χ2v) is 5.60. The van der Waals surface area contributed by atoms with Crippen LogP contribution in [-0.4, -0.2) is 41.6 Å². The van der Waals surface area contributed by atoms with Crippen LogP contribution in [0.1, 0.15) is 36.0 Å². The maximum atomic E-state index is 12.5. The van der Waals surface area contributed by atoms with Crippen molar-refractivity contribution >= 4 is 11.9 Å². The molecule has 5 nitrogen and oxygen atoms in total. The molecule has 0 radical (unpaired) electrons. The summed E-state index contributed by atoms with van der Waals surface area (Å²) in [5, 5.41) is 8.74. The molecule has 1 aromatic rings. The molecule has 7 heteroatoms. The molecular weight excluding hydrogens is 308 g/mol. The van der Waals surface area contributed by atoms with Gasteiger partial charge in [-0.05, 0) is 43.4 Å². The third-order valence-corrected chi connectivity index (χ3v) is 3.88. The number of carboxylic acid groups (broad SMARTS) is 1. The molecule has 1 heterocycles. The molecule has 0 bridgehead atoms. The van der Waals surface area contributed by atoms with Crippen LogP contribution in [0.4, 0.5) is 8.78 Å². The Morgan fingerprint density at radius 1 is 1.39 bits per heavy atom. The number of carbonyl (C=O) groups excluding carboxylic acids is 1. The minimum absolute atomic E-state index is 0.0507. The van der Waals surface area contributed by atoms with Crippen molar-refractivity contribution in [2.75, 3.05) is 13.1 Å². The monoisotopic (exact) mass is 327 g/mol. The highest BCUT2D eigenvalue weighted by Gasteiger charge is 2.25. The number of likely N-dealkylation sites (tertiary alicyclic amines) is 1. The number of aliphatic carboxylic acids is 1. The molecule has 23 heavy (non-hydrogen) atoms. The summed E-state index contributed by atoms with van der Waals surface area (Å²) in [4.78, 5) is 24.8. The van der Waals surface area contributed by atoms with Gasteiger partial charge in [0.05, 0.1) is 0 Å². The van der Waals surface area contributed by atoms with Crippen LogP contribution in [0, 0.1) is 5.92 Å². The minimum Gasteiger partial charge on any atom is -0.481 e. The van der Waals surface area contributed by atoms with E-state index in [1.54, 1.807) is 11.0 Å². The van der Waals surface area contributed by atoms with Gasteiger partial charge in [-0.2, -0.15) is 8.78 Å². The zero-order chi connectivity index (χ0) is 16.8. The summed E-state index contributed by atoms with van der Waals surface area (Å²) in [6, 6.07) is 5.72. The van der Waals surface area contributed by atoms with Crippen LogP contribution in [0.3, 0.4) is 0 Å². The number of nitrogens with zero attached hydrogens (tertiary/aromatic N) is 1. The third-order valence-electron chi connectivity index (χ3n) is 3.88. The number of piperidine rings is 1. The van der Waals surface area contributed by atoms with Crippen molar-refractivity contribution < 1.29 is 28.2 Å². The maximum absolute atomic E-state index is 12.5. The smallest absolute Gasteiger partial charge is 0.387 e. The molecule has 0 aromatic heterocycles. The van der Waals surface area contributed by atoms with Crippen molar-refractivity contribution in [3.63, 3.8) is 0 Å². The van der Waals surface area contributed by atoms with E-state index in [9.17, 15) is 18.4 Å². The van der Waals surface area contributed by atoms with Gasteiger partial charge in [0, 0.05) is 25.1 Å². The van der Waals surface area contributed by atoms with E-state index in [4.69, 9.17) is 5.11 Å². The second kappa shape index (κ2) is 7.89. The van der Waals surface area contributed by atoms with Crippen LogP contribution in [0.2, 0.25) is 0 Å².